The second-order valence-corrected chi connectivity index (χ2v) is 5.85. The van der Waals surface area contributed by atoms with Crippen LogP contribution in [0, 0.1) is 44.8 Å². The molecule has 1 heterocycles. The van der Waals surface area contributed by atoms with Crippen molar-refractivity contribution in [1.82, 2.24) is 5.32 Å². The van der Waals surface area contributed by atoms with Crippen LogP contribution >= 0.6 is 11.6 Å². The molecule has 2 rings (SSSR count). The summed E-state index contributed by atoms with van der Waals surface area (Å²) in [7, 11) is 1.54. The molecule has 5 nitrogen and oxygen atoms in total. The average molecular weight is 291 g/mol. The highest BCUT2D eigenvalue weighted by molar-refractivity contribution is 6.30. The fraction of sp³-hybridized carbons (Fsp3) is 0.643. The molecule has 1 aliphatic heterocycles. The Morgan fingerprint density at radius 2 is 1.80 bits per heavy atom. The van der Waals surface area contributed by atoms with E-state index < -0.39 is 16.6 Å². The largest absolute Gasteiger partial charge is 0.358 e. The Labute approximate surface area is 123 Å². The summed E-state index contributed by atoms with van der Waals surface area (Å²) >= 11 is 6.14. The molecule has 0 aromatic carbocycles. The van der Waals surface area contributed by atoms with Crippen molar-refractivity contribution >= 4 is 11.6 Å². The van der Waals surface area contributed by atoms with E-state index in [0.29, 0.717) is 12.8 Å². The normalized spacial score (nSPS) is 35.0. The van der Waals surface area contributed by atoms with Gasteiger partial charge in [-0.25, -0.2) is 0 Å². The Hall–Kier alpha value is -1.74. The third-order valence-electron chi connectivity index (χ3n) is 4.88. The van der Waals surface area contributed by atoms with E-state index in [0.717, 1.165) is 12.8 Å². The van der Waals surface area contributed by atoms with Crippen LogP contribution in [0.15, 0.2) is 10.7 Å². The topological polar surface area (TPSA) is 92.6 Å². The third kappa shape index (κ3) is 1.44. The van der Waals surface area contributed by atoms with Crippen LogP contribution in [0.1, 0.15) is 32.6 Å². The zero-order valence-electron chi connectivity index (χ0n) is 11.5. The standard InChI is InChI=1S/C14H15ClN4O/c1-12-5-3-4-6-14(12,20-2)19-11(15)10(7-16)13(12,8-17)9-18/h19H,3-6H2,1-2H3/t12-,14-/m1/s1. The number of halogens is 1. The van der Waals surface area contributed by atoms with Crippen LogP contribution in [-0.4, -0.2) is 12.8 Å². The monoisotopic (exact) mass is 290 g/mol. The van der Waals surface area contributed by atoms with Gasteiger partial charge in [0, 0.05) is 7.11 Å². The molecule has 1 aliphatic carbocycles. The first-order chi connectivity index (χ1) is 9.47. The molecule has 1 saturated carbocycles. The Kier molecular flexibility index (Phi) is 3.42. The number of nitriles is 3. The number of hydrogen-bond acceptors (Lipinski definition) is 5. The molecule has 1 fully saturated rings. The molecule has 1 N–H and O–H groups in total. The predicted molar refractivity (Wildman–Crippen MR) is 71.6 cm³/mol. The van der Waals surface area contributed by atoms with Crippen LogP contribution in [0.2, 0.25) is 0 Å². The second kappa shape index (κ2) is 4.67. The van der Waals surface area contributed by atoms with Gasteiger partial charge in [-0.15, -0.1) is 0 Å². The lowest BCUT2D eigenvalue weighted by Crippen LogP contribution is -2.68. The van der Waals surface area contributed by atoms with Gasteiger partial charge < -0.3 is 10.1 Å². The summed E-state index contributed by atoms with van der Waals surface area (Å²) in [5, 5.41) is 31.8. The summed E-state index contributed by atoms with van der Waals surface area (Å²) in [6.07, 6.45) is 3.05. The quantitative estimate of drug-likeness (QED) is 0.749. The zero-order chi connectivity index (χ0) is 15.0. The van der Waals surface area contributed by atoms with Crippen LogP contribution < -0.4 is 5.32 Å². The minimum Gasteiger partial charge on any atom is -0.358 e. The predicted octanol–water partition coefficient (Wildman–Crippen LogP) is 2.52. The molecule has 0 bridgehead atoms. The molecule has 0 aromatic rings. The molecule has 0 radical (unpaired) electrons. The number of methoxy groups -OCH3 is 1. The SMILES string of the molecule is CO[C@]12CCCC[C@]1(C)C(C#N)(C#N)C(C#N)=C(Cl)N2. The second-order valence-electron chi connectivity index (χ2n) is 5.47. The molecule has 6 heteroatoms. The van der Waals surface area contributed by atoms with Crippen molar-refractivity contribution in [3.8, 4) is 18.2 Å². The van der Waals surface area contributed by atoms with Crippen LogP contribution in [0.4, 0.5) is 0 Å². The van der Waals surface area contributed by atoms with E-state index in [9.17, 15) is 15.8 Å². The first kappa shape index (κ1) is 14.7. The molecule has 0 amide bonds. The Morgan fingerprint density at radius 3 is 2.30 bits per heavy atom. The van der Waals surface area contributed by atoms with Crippen molar-refractivity contribution in [1.29, 1.82) is 15.8 Å². The van der Waals surface area contributed by atoms with Crippen molar-refractivity contribution < 1.29 is 4.74 Å². The highest BCUT2D eigenvalue weighted by Gasteiger charge is 2.68. The lowest BCUT2D eigenvalue weighted by Gasteiger charge is -2.58. The van der Waals surface area contributed by atoms with Crippen molar-refractivity contribution in [3.05, 3.63) is 10.7 Å². The maximum absolute atomic E-state index is 9.68. The van der Waals surface area contributed by atoms with Crippen LogP contribution in [0.5, 0.6) is 0 Å². The average Bonchev–Trinajstić information content (AvgIpc) is 2.46. The van der Waals surface area contributed by atoms with Crippen LogP contribution in [0.25, 0.3) is 0 Å². The number of fused-ring (bicyclic) bond motifs is 1. The van der Waals surface area contributed by atoms with Gasteiger partial charge in [-0.05, 0) is 19.3 Å². The van der Waals surface area contributed by atoms with Crippen molar-refractivity contribution in [2.45, 2.75) is 38.3 Å². The van der Waals surface area contributed by atoms with E-state index in [4.69, 9.17) is 16.3 Å². The van der Waals surface area contributed by atoms with Crippen LogP contribution in [0.3, 0.4) is 0 Å². The zero-order valence-corrected chi connectivity index (χ0v) is 12.2. The molecular weight excluding hydrogens is 276 g/mol. The Morgan fingerprint density at radius 1 is 1.20 bits per heavy atom. The number of nitrogens with zero attached hydrogens (tertiary/aromatic N) is 3. The van der Waals surface area contributed by atoms with Gasteiger partial charge in [-0.1, -0.05) is 24.9 Å². The maximum atomic E-state index is 9.68. The summed E-state index contributed by atoms with van der Waals surface area (Å²) in [6, 6.07) is 6.03. The highest BCUT2D eigenvalue weighted by Crippen LogP contribution is 2.61. The van der Waals surface area contributed by atoms with Crippen molar-refractivity contribution in [2.24, 2.45) is 10.8 Å². The molecule has 2 aliphatic rings. The molecular formula is C14H15ClN4O. The molecule has 104 valence electrons. The summed E-state index contributed by atoms with van der Waals surface area (Å²) in [6.45, 7) is 1.83. The van der Waals surface area contributed by atoms with E-state index in [-0.39, 0.29) is 10.7 Å². The minimum atomic E-state index is -1.60. The number of allylic oxidation sites excluding steroid dienone is 1. The first-order valence-electron chi connectivity index (χ1n) is 6.43. The number of rotatable bonds is 1. The number of nitrogens with one attached hydrogen (secondary N) is 1. The van der Waals surface area contributed by atoms with E-state index in [1.165, 1.54) is 7.11 Å². The molecule has 0 unspecified atom stereocenters. The number of hydrogen-bond donors (Lipinski definition) is 1. The van der Waals surface area contributed by atoms with Crippen LogP contribution in [-0.2, 0) is 4.74 Å². The van der Waals surface area contributed by atoms with Crippen molar-refractivity contribution in [2.75, 3.05) is 7.11 Å². The van der Waals surface area contributed by atoms with Crippen molar-refractivity contribution in [3.63, 3.8) is 0 Å². The molecule has 0 spiro atoms. The van der Waals surface area contributed by atoms with Gasteiger partial charge in [0.2, 0.25) is 0 Å². The van der Waals surface area contributed by atoms with Gasteiger partial charge in [-0.3, -0.25) is 0 Å². The van der Waals surface area contributed by atoms with Gasteiger partial charge in [0.05, 0.1) is 23.1 Å². The van der Waals surface area contributed by atoms with E-state index in [1.54, 1.807) is 0 Å². The third-order valence-corrected chi connectivity index (χ3v) is 5.16. The minimum absolute atomic E-state index is 0.0127. The fourth-order valence-electron chi connectivity index (χ4n) is 3.60. The lowest BCUT2D eigenvalue weighted by molar-refractivity contribution is -0.177. The van der Waals surface area contributed by atoms with Gasteiger partial charge in [0.15, 0.2) is 5.41 Å². The van der Waals surface area contributed by atoms with Gasteiger partial charge >= 0.3 is 0 Å². The molecule has 2 atom stereocenters. The first-order valence-corrected chi connectivity index (χ1v) is 6.81. The lowest BCUT2D eigenvalue weighted by atomic mass is 9.51. The van der Waals surface area contributed by atoms with Gasteiger partial charge in [0.1, 0.15) is 17.0 Å². The van der Waals surface area contributed by atoms with E-state index in [2.05, 4.69) is 17.5 Å². The smallest absolute Gasteiger partial charge is 0.191 e. The highest BCUT2D eigenvalue weighted by atomic mass is 35.5. The number of ether oxygens (including phenoxy) is 1. The molecule has 0 aromatic heterocycles. The summed E-state index contributed by atoms with van der Waals surface area (Å²) < 4.78 is 5.67. The van der Waals surface area contributed by atoms with Gasteiger partial charge in [-0.2, -0.15) is 15.8 Å². The maximum Gasteiger partial charge on any atom is 0.191 e. The summed E-state index contributed by atoms with van der Waals surface area (Å²) in [5.74, 6) is 0. The molecule has 0 saturated heterocycles. The summed E-state index contributed by atoms with van der Waals surface area (Å²) in [5.41, 5.74) is -3.34. The Bertz CT molecular complexity index is 580. The van der Waals surface area contributed by atoms with Gasteiger partial charge in [0.25, 0.3) is 0 Å². The summed E-state index contributed by atoms with van der Waals surface area (Å²) in [4.78, 5) is 0. The van der Waals surface area contributed by atoms with E-state index >= 15 is 0 Å². The Balaban J connectivity index is 2.81. The van der Waals surface area contributed by atoms with E-state index in [1.807, 2.05) is 13.0 Å². The fourth-order valence-corrected chi connectivity index (χ4v) is 3.93. The molecule has 20 heavy (non-hydrogen) atoms.